The number of carbonyl (C=O) groups is 2. The Hall–Kier alpha value is -2.34. The van der Waals surface area contributed by atoms with E-state index < -0.39 is 24.1 Å². The van der Waals surface area contributed by atoms with Crippen molar-refractivity contribution in [1.82, 2.24) is 0 Å². The molecule has 0 aliphatic carbocycles. The predicted octanol–water partition coefficient (Wildman–Crippen LogP) is 3.47. The van der Waals surface area contributed by atoms with Crippen molar-refractivity contribution < 1.29 is 29.3 Å². The first-order chi connectivity index (χ1) is 13.2. The molecular formula is C22H30O6. The number of carbonyl (C=O) groups excluding carboxylic acids is 2. The van der Waals surface area contributed by atoms with Gasteiger partial charge in [-0.25, -0.2) is 9.59 Å². The van der Waals surface area contributed by atoms with E-state index in [0.29, 0.717) is 23.3 Å². The van der Waals surface area contributed by atoms with E-state index in [2.05, 4.69) is 27.7 Å². The molecule has 0 radical (unpaired) electrons. The van der Waals surface area contributed by atoms with Crippen molar-refractivity contribution in [1.29, 1.82) is 0 Å². The zero-order valence-corrected chi connectivity index (χ0v) is 17.0. The molecular weight excluding hydrogens is 360 g/mol. The fraction of sp³-hybridized carbons (Fsp3) is 0.545. The fourth-order valence-electron chi connectivity index (χ4n) is 3.60. The van der Waals surface area contributed by atoms with Crippen molar-refractivity contribution in [3.05, 3.63) is 41.5 Å². The van der Waals surface area contributed by atoms with Crippen LogP contribution in [-0.2, 0) is 14.3 Å². The Morgan fingerprint density at radius 2 is 1.89 bits per heavy atom. The van der Waals surface area contributed by atoms with Crippen LogP contribution in [-0.4, -0.2) is 41.0 Å². The molecule has 1 unspecified atom stereocenters. The normalized spacial score (nSPS) is 21.0. The van der Waals surface area contributed by atoms with Crippen molar-refractivity contribution in [3.8, 4) is 5.75 Å². The summed E-state index contributed by atoms with van der Waals surface area (Å²) in [6.07, 6.45) is 2.81. The number of allylic oxidation sites excluding steroid dienone is 1. The lowest BCUT2D eigenvalue weighted by Crippen LogP contribution is -2.39. The lowest BCUT2D eigenvalue weighted by Gasteiger charge is -2.24. The summed E-state index contributed by atoms with van der Waals surface area (Å²) in [6, 6.07) is 6.02. The van der Waals surface area contributed by atoms with Crippen LogP contribution in [0, 0.1) is 17.8 Å². The third-order valence-electron chi connectivity index (χ3n) is 5.31. The lowest BCUT2D eigenvalue weighted by molar-refractivity contribution is -0.154. The van der Waals surface area contributed by atoms with Crippen LogP contribution >= 0.6 is 0 Å². The molecule has 1 atom stereocenters. The third-order valence-corrected chi connectivity index (χ3v) is 5.31. The molecule has 1 fully saturated rings. The van der Waals surface area contributed by atoms with Gasteiger partial charge in [-0.2, -0.15) is 0 Å². The first-order valence-corrected chi connectivity index (χ1v) is 9.67. The third kappa shape index (κ3) is 5.13. The molecule has 0 aromatic heterocycles. The Morgan fingerprint density at radius 3 is 2.46 bits per heavy atom. The maximum atomic E-state index is 12.3. The number of para-hydroxylation sites is 1. The van der Waals surface area contributed by atoms with Gasteiger partial charge in [-0.1, -0.05) is 45.9 Å². The molecule has 1 heterocycles. The first kappa shape index (κ1) is 22.0. The number of hydrogen-bond donors (Lipinski definition) is 2. The number of aliphatic hydroxyl groups excluding tert-OH is 1. The average Bonchev–Trinajstić information content (AvgIpc) is 2.96. The first-order valence-electron chi connectivity index (χ1n) is 9.67. The van der Waals surface area contributed by atoms with Crippen molar-refractivity contribution in [2.24, 2.45) is 17.8 Å². The second-order valence-corrected chi connectivity index (χ2v) is 8.12. The zero-order chi connectivity index (χ0) is 20.9. The summed E-state index contributed by atoms with van der Waals surface area (Å²) in [6.45, 7) is 7.90. The Bertz CT molecular complexity index is 728. The highest BCUT2D eigenvalue weighted by Crippen LogP contribution is 2.33. The van der Waals surface area contributed by atoms with Gasteiger partial charge in [0.1, 0.15) is 17.9 Å². The van der Waals surface area contributed by atoms with Crippen molar-refractivity contribution >= 4 is 11.9 Å². The molecule has 1 saturated heterocycles. The van der Waals surface area contributed by atoms with E-state index in [-0.39, 0.29) is 24.3 Å². The minimum atomic E-state index is -1.28. The predicted molar refractivity (Wildman–Crippen MR) is 105 cm³/mol. The number of rotatable bonds is 8. The average molecular weight is 390 g/mol. The molecule has 2 rings (SSSR count). The van der Waals surface area contributed by atoms with Gasteiger partial charge in [0.2, 0.25) is 0 Å². The van der Waals surface area contributed by atoms with E-state index >= 15 is 0 Å². The molecule has 1 aromatic carbocycles. The number of ether oxygens (including phenoxy) is 2. The van der Waals surface area contributed by atoms with E-state index in [1.165, 1.54) is 12.1 Å². The highest BCUT2D eigenvalue weighted by Gasteiger charge is 2.44. The minimum Gasteiger partial charge on any atom is -0.507 e. The number of hydrogen-bond acceptors (Lipinski definition) is 6. The van der Waals surface area contributed by atoms with Gasteiger partial charge in [0.25, 0.3) is 0 Å². The summed E-state index contributed by atoms with van der Waals surface area (Å²) < 4.78 is 10.6. The molecule has 0 spiro atoms. The van der Waals surface area contributed by atoms with Crippen LogP contribution in [0.2, 0.25) is 0 Å². The lowest BCUT2D eigenvalue weighted by atomic mass is 9.82. The van der Waals surface area contributed by atoms with Gasteiger partial charge >= 0.3 is 11.9 Å². The van der Waals surface area contributed by atoms with Gasteiger partial charge in [-0.3, -0.25) is 0 Å². The topological polar surface area (TPSA) is 93.1 Å². The number of aromatic hydroxyl groups is 1. The van der Waals surface area contributed by atoms with Crippen LogP contribution in [0.25, 0.3) is 0 Å². The van der Waals surface area contributed by atoms with E-state index in [4.69, 9.17) is 9.47 Å². The molecule has 1 aromatic rings. The van der Waals surface area contributed by atoms with E-state index in [0.717, 1.165) is 6.42 Å². The SMILES string of the molecule is CC(C)C(C/C=C1/CC(CO)(COC(=O)c2ccccc2O)OC1=O)C(C)C. The quantitative estimate of drug-likeness (QED) is 0.521. The number of esters is 2. The summed E-state index contributed by atoms with van der Waals surface area (Å²) in [5.41, 5.74) is -0.764. The van der Waals surface area contributed by atoms with Crippen LogP contribution in [0.1, 0.15) is 50.9 Å². The molecule has 2 N–H and O–H groups in total. The summed E-state index contributed by atoms with van der Waals surface area (Å²) >= 11 is 0. The highest BCUT2D eigenvalue weighted by atomic mass is 16.6. The van der Waals surface area contributed by atoms with Gasteiger partial charge < -0.3 is 19.7 Å². The summed E-state index contributed by atoms with van der Waals surface area (Å²) in [5, 5.41) is 19.5. The second-order valence-electron chi connectivity index (χ2n) is 8.12. The van der Waals surface area contributed by atoms with Crippen molar-refractivity contribution in [3.63, 3.8) is 0 Å². The smallest absolute Gasteiger partial charge is 0.342 e. The van der Waals surface area contributed by atoms with Crippen LogP contribution in [0.3, 0.4) is 0 Å². The summed E-state index contributed by atoms with van der Waals surface area (Å²) in [4.78, 5) is 24.5. The minimum absolute atomic E-state index is 0.0207. The zero-order valence-electron chi connectivity index (χ0n) is 17.0. The van der Waals surface area contributed by atoms with E-state index in [9.17, 15) is 19.8 Å². The molecule has 0 amide bonds. The van der Waals surface area contributed by atoms with Crippen molar-refractivity contribution in [2.45, 2.75) is 46.1 Å². The maximum Gasteiger partial charge on any atom is 0.342 e. The van der Waals surface area contributed by atoms with E-state index in [1.54, 1.807) is 12.1 Å². The molecule has 0 bridgehead atoms. The van der Waals surface area contributed by atoms with Crippen LogP contribution in [0.5, 0.6) is 5.75 Å². The Kier molecular flexibility index (Phi) is 7.24. The molecule has 1 aliphatic heterocycles. The molecule has 6 nitrogen and oxygen atoms in total. The second kappa shape index (κ2) is 9.24. The molecule has 6 heteroatoms. The largest absolute Gasteiger partial charge is 0.507 e. The van der Waals surface area contributed by atoms with Gasteiger partial charge in [0.15, 0.2) is 5.60 Å². The van der Waals surface area contributed by atoms with E-state index in [1.807, 2.05) is 6.08 Å². The molecule has 154 valence electrons. The summed E-state index contributed by atoms with van der Waals surface area (Å²) in [5.74, 6) is -0.0166. The molecule has 28 heavy (non-hydrogen) atoms. The number of phenols is 1. The van der Waals surface area contributed by atoms with Gasteiger partial charge in [-0.15, -0.1) is 0 Å². The van der Waals surface area contributed by atoms with Gasteiger partial charge in [0.05, 0.1) is 6.61 Å². The fourth-order valence-corrected chi connectivity index (χ4v) is 3.60. The standard InChI is InChI=1S/C22H30O6/c1-14(2)17(15(3)4)10-9-16-11-22(12-23,28-20(16)25)13-27-21(26)18-7-5-6-8-19(18)24/h5-9,14-15,17,23-24H,10-13H2,1-4H3/b16-9-. The van der Waals surface area contributed by atoms with Crippen LogP contribution < -0.4 is 0 Å². The highest BCUT2D eigenvalue weighted by molar-refractivity contribution is 5.93. The number of benzene rings is 1. The monoisotopic (exact) mass is 390 g/mol. The molecule has 1 aliphatic rings. The molecule has 0 saturated carbocycles. The van der Waals surface area contributed by atoms with Gasteiger partial charge in [0, 0.05) is 12.0 Å². The Morgan fingerprint density at radius 1 is 1.25 bits per heavy atom. The number of cyclic esters (lactones) is 1. The van der Waals surface area contributed by atoms with Gasteiger partial charge in [-0.05, 0) is 36.3 Å². The summed E-state index contributed by atoms with van der Waals surface area (Å²) in [7, 11) is 0. The maximum absolute atomic E-state index is 12.3. The Labute approximate surface area is 166 Å². The number of phenolic OH excluding ortho intramolecular Hbond substituents is 1. The Balaban J connectivity index is 2.06. The van der Waals surface area contributed by atoms with Crippen LogP contribution in [0.4, 0.5) is 0 Å². The van der Waals surface area contributed by atoms with Crippen molar-refractivity contribution in [2.75, 3.05) is 13.2 Å². The number of aliphatic hydroxyl groups is 1. The van der Waals surface area contributed by atoms with Crippen LogP contribution in [0.15, 0.2) is 35.9 Å².